The molecule has 18 heavy (non-hydrogen) atoms. The number of rotatable bonds is 1. The van der Waals surface area contributed by atoms with Crippen LogP contribution in [0.3, 0.4) is 0 Å². The highest BCUT2D eigenvalue weighted by Crippen LogP contribution is 2.24. The third-order valence-corrected chi connectivity index (χ3v) is 3.21. The first kappa shape index (κ1) is 11.2. The van der Waals surface area contributed by atoms with Crippen molar-refractivity contribution in [3.05, 3.63) is 53.0 Å². The van der Waals surface area contributed by atoms with Crippen LogP contribution in [0, 0.1) is 0 Å². The second kappa shape index (κ2) is 4.38. The van der Waals surface area contributed by atoms with Gasteiger partial charge in [0, 0.05) is 15.4 Å². The summed E-state index contributed by atoms with van der Waals surface area (Å²) in [5.74, 6) is 1.16. The summed E-state index contributed by atoms with van der Waals surface area (Å²) in [7, 11) is 0. The van der Waals surface area contributed by atoms with Crippen LogP contribution in [0.25, 0.3) is 22.3 Å². The van der Waals surface area contributed by atoms with Crippen LogP contribution in [-0.2, 0) is 0 Å². The molecule has 3 nitrogen and oxygen atoms in total. The van der Waals surface area contributed by atoms with Crippen molar-refractivity contribution in [1.82, 2.24) is 9.97 Å². The molecule has 2 N–H and O–H groups in total. The first-order valence-electron chi connectivity index (χ1n) is 5.52. The second-order valence-corrected chi connectivity index (χ2v) is 4.88. The van der Waals surface area contributed by atoms with E-state index in [1.807, 2.05) is 48.5 Å². The average molecular weight is 300 g/mol. The van der Waals surface area contributed by atoms with Gasteiger partial charge in [0.2, 0.25) is 0 Å². The van der Waals surface area contributed by atoms with E-state index in [0.29, 0.717) is 11.6 Å². The SMILES string of the molecule is Nc1nc(-c2cccc(Br)c2)nc2ccccc12. The zero-order valence-corrected chi connectivity index (χ0v) is 11.1. The number of hydrogen-bond donors (Lipinski definition) is 1. The van der Waals surface area contributed by atoms with Crippen molar-refractivity contribution in [2.75, 3.05) is 5.73 Å². The van der Waals surface area contributed by atoms with E-state index in [4.69, 9.17) is 5.73 Å². The monoisotopic (exact) mass is 299 g/mol. The van der Waals surface area contributed by atoms with Crippen molar-refractivity contribution >= 4 is 32.7 Å². The summed E-state index contributed by atoms with van der Waals surface area (Å²) < 4.78 is 0.996. The number of anilines is 1. The summed E-state index contributed by atoms with van der Waals surface area (Å²) in [5.41, 5.74) is 7.78. The highest BCUT2D eigenvalue weighted by Gasteiger charge is 2.06. The number of benzene rings is 2. The second-order valence-electron chi connectivity index (χ2n) is 3.96. The fourth-order valence-corrected chi connectivity index (χ4v) is 2.26. The van der Waals surface area contributed by atoms with E-state index in [1.54, 1.807) is 0 Å². The van der Waals surface area contributed by atoms with Crippen molar-refractivity contribution in [2.45, 2.75) is 0 Å². The number of halogens is 1. The highest BCUT2D eigenvalue weighted by atomic mass is 79.9. The lowest BCUT2D eigenvalue weighted by molar-refractivity contribution is 1.23. The van der Waals surface area contributed by atoms with Crippen molar-refractivity contribution in [1.29, 1.82) is 0 Å². The minimum Gasteiger partial charge on any atom is -0.383 e. The molecule has 0 aliphatic carbocycles. The minimum absolute atomic E-state index is 0.510. The van der Waals surface area contributed by atoms with E-state index in [9.17, 15) is 0 Å². The number of aromatic nitrogens is 2. The molecule has 1 heterocycles. The lowest BCUT2D eigenvalue weighted by Gasteiger charge is -2.05. The van der Waals surface area contributed by atoms with E-state index < -0.39 is 0 Å². The largest absolute Gasteiger partial charge is 0.383 e. The number of fused-ring (bicyclic) bond motifs is 1. The van der Waals surface area contributed by atoms with Crippen molar-refractivity contribution < 1.29 is 0 Å². The lowest BCUT2D eigenvalue weighted by atomic mass is 10.2. The molecule has 0 spiro atoms. The van der Waals surface area contributed by atoms with Crippen molar-refractivity contribution in [3.63, 3.8) is 0 Å². The maximum absolute atomic E-state index is 5.97. The van der Waals surface area contributed by atoms with Crippen LogP contribution in [0.5, 0.6) is 0 Å². The number of nitrogens with two attached hydrogens (primary N) is 1. The molecule has 0 fully saturated rings. The van der Waals surface area contributed by atoms with Gasteiger partial charge in [-0.1, -0.05) is 40.2 Å². The molecule has 0 atom stereocenters. The molecule has 0 amide bonds. The van der Waals surface area contributed by atoms with Gasteiger partial charge in [0.1, 0.15) is 5.82 Å². The van der Waals surface area contributed by atoms with Crippen LogP contribution in [0.1, 0.15) is 0 Å². The molecule has 0 radical (unpaired) electrons. The molecule has 0 unspecified atom stereocenters. The Morgan fingerprint density at radius 3 is 2.61 bits per heavy atom. The molecule has 88 valence electrons. The van der Waals surface area contributed by atoms with Gasteiger partial charge in [0.15, 0.2) is 5.82 Å². The normalized spacial score (nSPS) is 10.7. The molecule has 3 rings (SSSR count). The van der Waals surface area contributed by atoms with Crippen LogP contribution in [0.2, 0.25) is 0 Å². The van der Waals surface area contributed by atoms with Crippen LogP contribution in [0.4, 0.5) is 5.82 Å². The third-order valence-electron chi connectivity index (χ3n) is 2.72. The van der Waals surface area contributed by atoms with Crippen molar-refractivity contribution in [3.8, 4) is 11.4 Å². The third kappa shape index (κ3) is 1.95. The van der Waals surface area contributed by atoms with E-state index in [-0.39, 0.29) is 0 Å². The summed E-state index contributed by atoms with van der Waals surface area (Å²) in [6.07, 6.45) is 0. The minimum atomic E-state index is 0.510. The standard InChI is InChI=1S/C14H10BrN3/c15-10-5-3-4-9(8-10)14-17-12-7-2-1-6-11(12)13(16)18-14/h1-8H,(H2,16,17,18). The summed E-state index contributed by atoms with van der Waals surface area (Å²) in [6.45, 7) is 0. The maximum atomic E-state index is 5.97. The lowest BCUT2D eigenvalue weighted by Crippen LogP contribution is -1.97. The first-order chi connectivity index (χ1) is 8.74. The Kier molecular flexibility index (Phi) is 2.72. The quantitative estimate of drug-likeness (QED) is 0.746. The molecule has 1 aromatic heterocycles. The zero-order chi connectivity index (χ0) is 12.5. The van der Waals surface area contributed by atoms with Gasteiger partial charge >= 0.3 is 0 Å². The first-order valence-corrected chi connectivity index (χ1v) is 6.31. The summed E-state index contributed by atoms with van der Waals surface area (Å²) in [5, 5.41) is 0.885. The molecule has 2 aromatic carbocycles. The van der Waals surface area contributed by atoms with E-state index >= 15 is 0 Å². The van der Waals surface area contributed by atoms with Gasteiger partial charge in [0.05, 0.1) is 5.52 Å². The van der Waals surface area contributed by atoms with Gasteiger partial charge in [-0.2, -0.15) is 0 Å². The molecule has 0 bridgehead atoms. The molecule has 0 aliphatic rings. The van der Waals surface area contributed by atoms with Gasteiger partial charge in [-0.3, -0.25) is 0 Å². The van der Waals surface area contributed by atoms with E-state index in [0.717, 1.165) is 20.9 Å². The van der Waals surface area contributed by atoms with Gasteiger partial charge < -0.3 is 5.73 Å². The Hall–Kier alpha value is -1.94. The summed E-state index contributed by atoms with van der Waals surface area (Å²) in [4.78, 5) is 8.89. The molecular formula is C14H10BrN3. The fourth-order valence-electron chi connectivity index (χ4n) is 1.86. The van der Waals surface area contributed by atoms with Gasteiger partial charge in [-0.25, -0.2) is 9.97 Å². The van der Waals surface area contributed by atoms with Gasteiger partial charge in [-0.15, -0.1) is 0 Å². The van der Waals surface area contributed by atoms with Crippen molar-refractivity contribution in [2.24, 2.45) is 0 Å². The Balaban J connectivity index is 2.24. The average Bonchev–Trinajstić information content (AvgIpc) is 2.39. The van der Waals surface area contributed by atoms with Gasteiger partial charge in [-0.05, 0) is 24.3 Å². The number of nitrogens with zero attached hydrogens (tertiary/aromatic N) is 2. The summed E-state index contributed by atoms with van der Waals surface area (Å²) >= 11 is 3.44. The number of nitrogen functional groups attached to an aromatic ring is 1. The van der Waals surface area contributed by atoms with Crippen LogP contribution < -0.4 is 5.73 Å². The van der Waals surface area contributed by atoms with Crippen LogP contribution in [-0.4, -0.2) is 9.97 Å². The van der Waals surface area contributed by atoms with E-state index in [2.05, 4.69) is 25.9 Å². The number of para-hydroxylation sites is 1. The maximum Gasteiger partial charge on any atom is 0.162 e. The smallest absolute Gasteiger partial charge is 0.162 e. The Morgan fingerprint density at radius 1 is 0.944 bits per heavy atom. The molecule has 0 saturated heterocycles. The molecule has 4 heteroatoms. The zero-order valence-electron chi connectivity index (χ0n) is 9.47. The molecule has 0 saturated carbocycles. The Bertz CT molecular complexity index is 725. The van der Waals surface area contributed by atoms with Crippen LogP contribution in [0.15, 0.2) is 53.0 Å². The fraction of sp³-hybridized carbons (Fsp3) is 0. The molecule has 3 aromatic rings. The topological polar surface area (TPSA) is 51.8 Å². The Morgan fingerprint density at radius 2 is 1.78 bits per heavy atom. The van der Waals surface area contributed by atoms with E-state index in [1.165, 1.54) is 0 Å². The predicted octanol–water partition coefficient (Wildman–Crippen LogP) is 3.64. The Labute approximate surface area is 113 Å². The number of hydrogen-bond acceptors (Lipinski definition) is 3. The van der Waals surface area contributed by atoms with Gasteiger partial charge in [0.25, 0.3) is 0 Å². The molecular weight excluding hydrogens is 290 g/mol. The predicted molar refractivity (Wildman–Crippen MR) is 77.1 cm³/mol. The summed E-state index contributed by atoms with van der Waals surface area (Å²) in [6, 6.07) is 15.6. The molecule has 0 aliphatic heterocycles. The highest BCUT2D eigenvalue weighted by molar-refractivity contribution is 9.10. The van der Waals surface area contributed by atoms with Crippen LogP contribution >= 0.6 is 15.9 Å².